The van der Waals surface area contributed by atoms with Gasteiger partial charge in [-0.25, -0.2) is 0 Å². The van der Waals surface area contributed by atoms with Crippen molar-refractivity contribution in [2.24, 2.45) is 0 Å². The quantitative estimate of drug-likeness (QED) is 0.490. The van der Waals surface area contributed by atoms with E-state index in [0.717, 1.165) is 50.9 Å². The molecule has 0 spiro atoms. The summed E-state index contributed by atoms with van der Waals surface area (Å²) in [5.74, 6) is -0.0830. The van der Waals surface area contributed by atoms with Crippen LogP contribution < -0.4 is 0 Å². The molecule has 0 saturated carbocycles. The summed E-state index contributed by atoms with van der Waals surface area (Å²) in [5, 5.41) is 1.14. The van der Waals surface area contributed by atoms with Crippen LogP contribution in [0.15, 0.2) is 18.2 Å². The number of esters is 1. The Kier molecular flexibility index (Phi) is 6.26. The molecule has 0 N–H and O–H groups in total. The van der Waals surface area contributed by atoms with Crippen molar-refractivity contribution in [3.8, 4) is 0 Å². The molecule has 2 unspecified atom stereocenters. The number of likely N-dealkylation sites (tertiary alicyclic amines) is 1. The fourth-order valence-electron chi connectivity index (χ4n) is 3.76. The van der Waals surface area contributed by atoms with Crippen molar-refractivity contribution >= 4 is 29.2 Å². The number of halogens is 2. The molecule has 2 fully saturated rings. The maximum Gasteiger partial charge on any atom is 0.305 e. The first kappa shape index (κ1) is 19.0. The van der Waals surface area contributed by atoms with Crippen LogP contribution in [-0.4, -0.2) is 43.2 Å². The van der Waals surface area contributed by atoms with Crippen molar-refractivity contribution in [3.63, 3.8) is 0 Å². The molecule has 2 saturated heterocycles. The van der Waals surface area contributed by atoms with E-state index in [1.165, 1.54) is 0 Å². The van der Waals surface area contributed by atoms with E-state index in [1.807, 2.05) is 25.1 Å². The third-order valence-electron chi connectivity index (χ3n) is 5.08. The molecular formula is C19H25Cl2NO3. The van der Waals surface area contributed by atoms with E-state index in [1.54, 1.807) is 0 Å². The molecule has 2 atom stereocenters. The predicted octanol–water partition coefficient (Wildman–Crippen LogP) is 4.42. The predicted molar refractivity (Wildman–Crippen MR) is 99.2 cm³/mol. The van der Waals surface area contributed by atoms with E-state index >= 15 is 0 Å². The monoisotopic (exact) mass is 385 g/mol. The van der Waals surface area contributed by atoms with Crippen LogP contribution in [0.3, 0.4) is 0 Å². The minimum absolute atomic E-state index is 0.0830. The van der Waals surface area contributed by atoms with Gasteiger partial charge in [0, 0.05) is 19.0 Å². The second-order valence-electron chi connectivity index (χ2n) is 6.94. The molecule has 0 aromatic heterocycles. The number of unbranched alkanes of at least 4 members (excludes halogenated alkanes) is 1. The van der Waals surface area contributed by atoms with Gasteiger partial charge in [0.2, 0.25) is 0 Å². The SMILES string of the molecule is CCCOC(=O)CCCCN1CC2(c3ccc(Cl)c(Cl)c3)CC1CO2. The molecule has 2 bridgehead atoms. The molecule has 2 heterocycles. The van der Waals surface area contributed by atoms with Gasteiger partial charge in [0.1, 0.15) is 5.60 Å². The second kappa shape index (κ2) is 8.26. The van der Waals surface area contributed by atoms with E-state index in [0.29, 0.717) is 29.1 Å². The van der Waals surface area contributed by atoms with Crippen LogP contribution >= 0.6 is 23.2 Å². The largest absolute Gasteiger partial charge is 0.466 e. The zero-order valence-corrected chi connectivity index (χ0v) is 16.1. The standard InChI is InChI=1S/C19H25Cl2NO3/c1-2-9-24-18(23)5-3-4-8-22-13-19(11-15(22)12-25-19)14-6-7-16(20)17(21)10-14/h6-7,10,15H,2-5,8-9,11-13H2,1H3. The number of nitrogens with zero attached hydrogens (tertiary/aromatic N) is 1. The highest BCUT2D eigenvalue weighted by Gasteiger charge is 2.51. The number of morpholine rings is 1. The zero-order valence-electron chi connectivity index (χ0n) is 14.6. The highest BCUT2D eigenvalue weighted by molar-refractivity contribution is 6.42. The van der Waals surface area contributed by atoms with Crippen molar-refractivity contribution in [3.05, 3.63) is 33.8 Å². The molecule has 0 amide bonds. The lowest BCUT2D eigenvalue weighted by Gasteiger charge is -2.33. The van der Waals surface area contributed by atoms with Gasteiger partial charge in [-0.05, 0) is 49.9 Å². The molecule has 2 aliphatic heterocycles. The first-order chi connectivity index (χ1) is 12.0. The van der Waals surface area contributed by atoms with Gasteiger partial charge in [0.25, 0.3) is 0 Å². The maximum absolute atomic E-state index is 11.5. The number of carbonyl (C=O) groups is 1. The number of carbonyl (C=O) groups excluding carboxylic acids is 1. The van der Waals surface area contributed by atoms with Crippen LogP contribution in [0, 0.1) is 0 Å². The molecule has 25 heavy (non-hydrogen) atoms. The van der Waals surface area contributed by atoms with Crippen molar-refractivity contribution in [1.29, 1.82) is 0 Å². The highest BCUT2D eigenvalue weighted by Crippen LogP contribution is 2.46. The van der Waals surface area contributed by atoms with Gasteiger partial charge in [-0.3, -0.25) is 9.69 Å². The van der Waals surface area contributed by atoms with Crippen LogP contribution in [0.2, 0.25) is 10.0 Å². The molecular weight excluding hydrogens is 361 g/mol. The molecule has 0 aliphatic carbocycles. The molecule has 6 heteroatoms. The van der Waals surface area contributed by atoms with Gasteiger partial charge in [0.05, 0.1) is 23.3 Å². The Bertz CT molecular complexity index is 625. The summed E-state index contributed by atoms with van der Waals surface area (Å²) in [4.78, 5) is 14.0. The third-order valence-corrected chi connectivity index (χ3v) is 5.82. The molecule has 4 nitrogen and oxygen atoms in total. The zero-order chi connectivity index (χ0) is 17.9. The second-order valence-corrected chi connectivity index (χ2v) is 7.75. The van der Waals surface area contributed by atoms with Gasteiger partial charge in [-0.1, -0.05) is 36.2 Å². The molecule has 1 aromatic carbocycles. The smallest absolute Gasteiger partial charge is 0.305 e. The number of hydrogen-bond donors (Lipinski definition) is 0. The lowest BCUT2D eigenvalue weighted by atomic mass is 9.93. The summed E-state index contributed by atoms with van der Waals surface area (Å²) >= 11 is 12.2. The summed E-state index contributed by atoms with van der Waals surface area (Å²) < 4.78 is 11.2. The fraction of sp³-hybridized carbons (Fsp3) is 0.632. The minimum atomic E-state index is -0.265. The first-order valence-corrected chi connectivity index (χ1v) is 9.79. The Balaban J connectivity index is 1.50. The molecule has 3 rings (SSSR count). The summed E-state index contributed by atoms with van der Waals surface area (Å²) in [6.07, 6.45) is 4.23. The van der Waals surface area contributed by atoms with Crippen molar-refractivity contribution in [2.45, 2.75) is 50.7 Å². The number of ether oxygens (including phenoxy) is 2. The molecule has 138 valence electrons. The van der Waals surface area contributed by atoms with Crippen LogP contribution in [0.25, 0.3) is 0 Å². The summed E-state index contributed by atoms with van der Waals surface area (Å²) in [5.41, 5.74) is 0.842. The first-order valence-electron chi connectivity index (χ1n) is 9.03. The van der Waals surface area contributed by atoms with Gasteiger partial charge in [-0.2, -0.15) is 0 Å². The average Bonchev–Trinajstić information content (AvgIpc) is 3.19. The molecule has 2 aliphatic rings. The third kappa shape index (κ3) is 4.30. The maximum atomic E-state index is 11.5. The summed E-state index contributed by atoms with van der Waals surface area (Å²) in [6, 6.07) is 6.24. The van der Waals surface area contributed by atoms with E-state index in [-0.39, 0.29) is 11.6 Å². The molecule has 0 radical (unpaired) electrons. The normalized spacial score (nSPS) is 25.5. The van der Waals surface area contributed by atoms with Crippen LogP contribution in [-0.2, 0) is 19.9 Å². The highest BCUT2D eigenvalue weighted by atomic mass is 35.5. The Labute approximate surface area is 159 Å². The van der Waals surface area contributed by atoms with Crippen molar-refractivity contribution < 1.29 is 14.3 Å². The van der Waals surface area contributed by atoms with E-state index in [4.69, 9.17) is 32.7 Å². The number of rotatable bonds is 8. The fourth-order valence-corrected chi connectivity index (χ4v) is 4.06. The summed E-state index contributed by atoms with van der Waals surface area (Å²) in [6.45, 7) is 5.13. The van der Waals surface area contributed by atoms with Gasteiger partial charge in [0.15, 0.2) is 0 Å². The average molecular weight is 386 g/mol. The van der Waals surface area contributed by atoms with Gasteiger partial charge >= 0.3 is 5.97 Å². The lowest BCUT2D eigenvalue weighted by molar-refractivity contribution is -0.143. The van der Waals surface area contributed by atoms with Gasteiger partial charge in [-0.15, -0.1) is 0 Å². The van der Waals surface area contributed by atoms with Crippen LogP contribution in [0.5, 0.6) is 0 Å². The number of fused-ring (bicyclic) bond motifs is 2. The number of benzene rings is 1. The number of hydrogen-bond acceptors (Lipinski definition) is 4. The Morgan fingerprint density at radius 3 is 2.96 bits per heavy atom. The van der Waals surface area contributed by atoms with Crippen molar-refractivity contribution in [1.82, 2.24) is 4.90 Å². The topological polar surface area (TPSA) is 38.8 Å². The summed E-state index contributed by atoms with van der Waals surface area (Å²) in [7, 11) is 0. The van der Waals surface area contributed by atoms with Crippen molar-refractivity contribution in [2.75, 3.05) is 26.3 Å². The van der Waals surface area contributed by atoms with Crippen LogP contribution in [0.1, 0.15) is 44.6 Å². The van der Waals surface area contributed by atoms with E-state index < -0.39 is 0 Å². The molecule has 1 aromatic rings. The Morgan fingerprint density at radius 2 is 2.20 bits per heavy atom. The van der Waals surface area contributed by atoms with E-state index in [2.05, 4.69) is 4.90 Å². The minimum Gasteiger partial charge on any atom is -0.466 e. The van der Waals surface area contributed by atoms with Crippen LogP contribution in [0.4, 0.5) is 0 Å². The van der Waals surface area contributed by atoms with Gasteiger partial charge < -0.3 is 9.47 Å². The Hall–Kier alpha value is -0.810. The Morgan fingerprint density at radius 1 is 1.36 bits per heavy atom. The van der Waals surface area contributed by atoms with E-state index in [9.17, 15) is 4.79 Å². The lowest BCUT2D eigenvalue weighted by Crippen LogP contribution is -2.41.